The van der Waals surface area contributed by atoms with Crippen molar-refractivity contribution in [3.8, 4) is 0 Å². The largest absolute Gasteiger partial charge is 0.368 e. The van der Waals surface area contributed by atoms with Gasteiger partial charge in [0, 0.05) is 0 Å². The lowest BCUT2D eigenvalue weighted by Gasteiger charge is -2.35. The highest BCUT2D eigenvalue weighted by molar-refractivity contribution is 5.73. The molecule has 0 atom stereocenters. The summed E-state index contributed by atoms with van der Waals surface area (Å²) in [6.45, 7) is 0. The van der Waals surface area contributed by atoms with Crippen molar-refractivity contribution in [2.24, 2.45) is 5.73 Å². The van der Waals surface area contributed by atoms with Crippen LogP contribution < -0.4 is 5.73 Å². The maximum absolute atomic E-state index is 9.33. The van der Waals surface area contributed by atoms with Gasteiger partial charge in [-0.15, -0.1) is 0 Å². The number of rotatable bonds is 3. The lowest BCUT2D eigenvalue weighted by molar-refractivity contribution is -0.151. The monoisotopic (exact) mass is 294 g/mol. The Hall–Kier alpha value is -2.23. The fourth-order valence-corrected chi connectivity index (χ4v) is 1.81. The number of guanidine groups is 1. The molecule has 0 saturated carbocycles. The fraction of sp³-hybridized carbons (Fsp3) is 0.417. The Bertz CT molecular complexity index is 529. The molecule has 0 radical (unpaired) electrons. The Labute approximate surface area is 123 Å². The summed E-state index contributed by atoms with van der Waals surface area (Å²) in [5.74, 6) is -0.373. The number of para-hydroxylation sites is 2. The number of aromatic nitrogens is 3. The molecule has 116 valence electrons. The third-order valence-corrected chi connectivity index (χ3v) is 2.61. The molecule has 0 bridgehead atoms. The van der Waals surface area contributed by atoms with Crippen LogP contribution >= 0.6 is 0 Å². The van der Waals surface area contributed by atoms with Crippen LogP contribution in [0.15, 0.2) is 24.3 Å². The number of nitrogens with one attached hydrogen (secondary N) is 2. The standard InChI is InChI=1S/C6H17N5O.C6H5N3/c1-9(2)6(10(3)4)11(12)5(7)8;1-2-4-6-5(3-1)7-9-8-6/h6,12H,1-4H3,(H3,7,8);1-4H,(H,7,8,9). The summed E-state index contributed by atoms with van der Waals surface area (Å²) in [7, 11) is 7.15. The molecule has 9 heteroatoms. The van der Waals surface area contributed by atoms with Gasteiger partial charge >= 0.3 is 0 Å². The average Bonchev–Trinajstić information content (AvgIpc) is 2.86. The van der Waals surface area contributed by atoms with E-state index in [-0.39, 0.29) is 5.96 Å². The molecule has 0 spiro atoms. The number of H-pyrrole nitrogens is 1. The summed E-state index contributed by atoms with van der Waals surface area (Å²) in [5.41, 5.74) is 6.95. The second-order valence-corrected chi connectivity index (χ2v) is 4.82. The zero-order valence-electron chi connectivity index (χ0n) is 12.6. The van der Waals surface area contributed by atoms with E-state index in [0.29, 0.717) is 5.06 Å². The molecule has 0 fully saturated rings. The van der Waals surface area contributed by atoms with Gasteiger partial charge in [-0.3, -0.25) is 20.4 Å². The predicted molar refractivity (Wildman–Crippen MR) is 80.6 cm³/mol. The highest BCUT2D eigenvalue weighted by atomic mass is 16.5. The summed E-state index contributed by atoms with van der Waals surface area (Å²) < 4.78 is 0. The predicted octanol–water partition coefficient (Wildman–Crippen LogP) is -0.0642. The molecule has 1 aromatic heterocycles. The molecule has 9 nitrogen and oxygen atoms in total. The number of fused-ring (bicyclic) bond motifs is 1. The Morgan fingerprint density at radius 2 is 1.57 bits per heavy atom. The van der Waals surface area contributed by atoms with E-state index in [1.165, 1.54) is 0 Å². The lowest BCUT2D eigenvalue weighted by Crippen LogP contribution is -2.55. The summed E-state index contributed by atoms with van der Waals surface area (Å²) in [6.07, 6.45) is -0.414. The molecule has 0 amide bonds. The topological polar surface area (TPSA) is 121 Å². The number of hydroxylamine groups is 2. The maximum atomic E-state index is 9.33. The molecule has 0 aliphatic carbocycles. The minimum absolute atomic E-state index is 0.373. The van der Waals surface area contributed by atoms with Gasteiger partial charge in [-0.2, -0.15) is 20.5 Å². The number of aromatic amines is 1. The van der Waals surface area contributed by atoms with Crippen molar-refractivity contribution >= 4 is 17.0 Å². The van der Waals surface area contributed by atoms with Crippen LogP contribution in [0.2, 0.25) is 0 Å². The van der Waals surface area contributed by atoms with E-state index in [9.17, 15) is 5.21 Å². The molecular weight excluding hydrogens is 272 g/mol. The summed E-state index contributed by atoms with van der Waals surface area (Å²) in [4.78, 5) is 3.48. The van der Waals surface area contributed by atoms with Gasteiger partial charge in [0.1, 0.15) is 11.0 Å². The molecule has 0 unspecified atom stereocenters. The van der Waals surface area contributed by atoms with E-state index >= 15 is 0 Å². The summed E-state index contributed by atoms with van der Waals surface area (Å²) in [5, 5.41) is 27.3. The Morgan fingerprint density at radius 1 is 1.14 bits per heavy atom. The van der Waals surface area contributed by atoms with Gasteiger partial charge in [-0.1, -0.05) is 12.1 Å². The fourth-order valence-electron chi connectivity index (χ4n) is 1.81. The van der Waals surface area contributed by atoms with E-state index in [1.807, 2.05) is 24.3 Å². The first-order valence-corrected chi connectivity index (χ1v) is 6.25. The van der Waals surface area contributed by atoms with Gasteiger partial charge in [0.05, 0.1) is 0 Å². The van der Waals surface area contributed by atoms with E-state index < -0.39 is 6.29 Å². The van der Waals surface area contributed by atoms with Gasteiger partial charge in [0.15, 0.2) is 6.29 Å². The third-order valence-electron chi connectivity index (χ3n) is 2.61. The van der Waals surface area contributed by atoms with Crippen molar-refractivity contribution in [3.05, 3.63) is 24.3 Å². The third kappa shape index (κ3) is 4.67. The molecule has 5 N–H and O–H groups in total. The van der Waals surface area contributed by atoms with Crippen LogP contribution in [-0.2, 0) is 0 Å². The van der Waals surface area contributed by atoms with Crippen molar-refractivity contribution in [2.45, 2.75) is 6.29 Å². The second kappa shape index (κ2) is 7.53. The van der Waals surface area contributed by atoms with Crippen LogP contribution in [0.5, 0.6) is 0 Å². The van der Waals surface area contributed by atoms with Crippen LogP contribution in [-0.4, -0.2) is 75.9 Å². The molecule has 1 aromatic carbocycles. The van der Waals surface area contributed by atoms with E-state index in [2.05, 4.69) is 15.4 Å². The van der Waals surface area contributed by atoms with Crippen LogP contribution in [0.3, 0.4) is 0 Å². The Morgan fingerprint density at radius 3 is 1.86 bits per heavy atom. The van der Waals surface area contributed by atoms with Crippen molar-refractivity contribution < 1.29 is 5.21 Å². The van der Waals surface area contributed by atoms with Crippen LogP contribution in [0, 0.1) is 5.41 Å². The zero-order valence-corrected chi connectivity index (χ0v) is 12.6. The highest BCUT2D eigenvalue weighted by Crippen LogP contribution is 2.03. The smallest absolute Gasteiger partial charge is 0.215 e. The molecule has 2 rings (SSSR count). The summed E-state index contributed by atoms with van der Waals surface area (Å²) >= 11 is 0. The molecule has 2 aromatic rings. The van der Waals surface area contributed by atoms with Crippen molar-refractivity contribution in [3.63, 3.8) is 0 Å². The van der Waals surface area contributed by atoms with Gasteiger partial charge in [0.25, 0.3) is 0 Å². The van der Waals surface area contributed by atoms with Gasteiger partial charge in [0.2, 0.25) is 5.96 Å². The lowest BCUT2D eigenvalue weighted by atomic mass is 10.3. The molecule has 0 aliphatic heterocycles. The molecule has 0 aliphatic rings. The maximum Gasteiger partial charge on any atom is 0.215 e. The van der Waals surface area contributed by atoms with E-state index in [1.54, 1.807) is 38.0 Å². The van der Waals surface area contributed by atoms with Crippen LogP contribution in [0.25, 0.3) is 11.0 Å². The van der Waals surface area contributed by atoms with E-state index in [0.717, 1.165) is 11.0 Å². The summed E-state index contributed by atoms with van der Waals surface area (Å²) in [6, 6.07) is 7.70. The van der Waals surface area contributed by atoms with Gasteiger partial charge in [-0.05, 0) is 40.3 Å². The Balaban J connectivity index is 0.000000216. The number of hydrogen-bond donors (Lipinski definition) is 4. The zero-order chi connectivity index (χ0) is 16.0. The number of benzene rings is 1. The first-order chi connectivity index (χ1) is 9.84. The SMILES string of the molecule is CN(C)C(N(C)C)N(O)C(=N)N.c1ccc2n[nH]nc2c1. The van der Waals surface area contributed by atoms with Crippen LogP contribution in [0.1, 0.15) is 0 Å². The van der Waals surface area contributed by atoms with Crippen molar-refractivity contribution in [1.29, 1.82) is 5.41 Å². The normalized spacial score (nSPS) is 10.9. The van der Waals surface area contributed by atoms with Crippen molar-refractivity contribution in [1.82, 2.24) is 30.3 Å². The second-order valence-electron chi connectivity index (χ2n) is 4.82. The quantitative estimate of drug-likeness (QED) is 0.271. The van der Waals surface area contributed by atoms with Crippen LogP contribution in [0.4, 0.5) is 0 Å². The number of nitrogens with two attached hydrogens (primary N) is 1. The van der Waals surface area contributed by atoms with Gasteiger partial charge < -0.3 is 5.73 Å². The van der Waals surface area contributed by atoms with Crippen molar-refractivity contribution in [2.75, 3.05) is 28.2 Å². The molecular formula is C12H22N8O. The molecule has 21 heavy (non-hydrogen) atoms. The Kier molecular flexibility index (Phi) is 6.03. The minimum Gasteiger partial charge on any atom is -0.368 e. The number of nitrogens with zero attached hydrogens (tertiary/aromatic N) is 5. The average molecular weight is 294 g/mol. The highest BCUT2D eigenvalue weighted by Gasteiger charge is 2.21. The molecule has 0 saturated heterocycles. The van der Waals surface area contributed by atoms with E-state index in [4.69, 9.17) is 11.1 Å². The molecule has 1 heterocycles. The first kappa shape index (κ1) is 16.8. The minimum atomic E-state index is -0.414. The number of hydrogen-bond acceptors (Lipinski definition) is 6. The van der Waals surface area contributed by atoms with Gasteiger partial charge in [-0.25, -0.2) is 0 Å². The first-order valence-electron chi connectivity index (χ1n) is 6.25.